The van der Waals surface area contributed by atoms with Gasteiger partial charge in [0, 0.05) is 6.04 Å². The SMILES string of the molecule is O=C(O)NC1CCCC1.c1cnnnc1. The van der Waals surface area contributed by atoms with Crippen LogP contribution in [-0.4, -0.2) is 32.7 Å². The van der Waals surface area contributed by atoms with Gasteiger partial charge in [-0.15, -0.1) is 10.2 Å². The second-order valence-electron chi connectivity index (χ2n) is 3.24. The second-order valence-corrected chi connectivity index (χ2v) is 3.24. The van der Waals surface area contributed by atoms with Crippen LogP contribution in [0.1, 0.15) is 25.7 Å². The highest BCUT2D eigenvalue weighted by atomic mass is 16.4. The summed E-state index contributed by atoms with van der Waals surface area (Å²) < 4.78 is 0. The fourth-order valence-corrected chi connectivity index (χ4v) is 1.45. The summed E-state index contributed by atoms with van der Waals surface area (Å²) in [4.78, 5) is 10.0. The number of hydrogen-bond donors (Lipinski definition) is 2. The van der Waals surface area contributed by atoms with E-state index in [0.29, 0.717) is 0 Å². The van der Waals surface area contributed by atoms with Crippen LogP contribution in [0.4, 0.5) is 4.79 Å². The van der Waals surface area contributed by atoms with E-state index in [9.17, 15) is 4.79 Å². The van der Waals surface area contributed by atoms with Crippen molar-refractivity contribution in [1.82, 2.24) is 20.7 Å². The molecule has 0 aliphatic heterocycles. The highest BCUT2D eigenvalue weighted by molar-refractivity contribution is 5.64. The first-order valence-electron chi connectivity index (χ1n) is 4.87. The lowest BCUT2D eigenvalue weighted by molar-refractivity contribution is 0.190. The Kier molecular flexibility index (Phi) is 5.07. The largest absolute Gasteiger partial charge is 0.465 e. The molecule has 82 valence electrons. The van der Waals surface area contributed by atoms with E-state index in [2.05, 4.69) is 20.7 Å². The fourth-order valence-electron chi connectivity index (χ4n) is 1.45. The van der Waals surface area contributed by atoms with E-state index < -0.39 is 6.09 Å². The molecule has 0 bridgehead atoms. The van der Waals surface area contributed by atoms with Gasteiger partial charge in [0.1, 0.15) is 0 Å². The summed E-state index contributed by atoms with van der Waals surface area (Å²) in [7, 11) is 0. The monoisotopic (exact) mass is 210 g/mol. The molecule has 2 rings (SSSR count). The standard InChI is InChI=1S/C6H11NO2.C3H3N3/c8-6(9)7-5-3-1-2-4-5;1-2-4-6-5-3-1/h5,7H,1-4H2,(H,8,9);1-3H. The highest BCUT2D eigenvalue weighted by Gasteiger charge is 2.15. The van der Waals surface area contributed by atoms with Crippen LogP contribution in [-0.2, 0) is 0 Å². The van der Waals surface area contributed by atoms with Crippen LogP contribution in [0.2, 0.25) is 0 Å². The maximum atomic E-state index is 10.0. The van der Waals surface area contributed by atoms with Crippen LogP contribution < -0.4 is 5.32 Å². The zero-order valence-electron chi connectivity index (χ0n) is 8.33. The lowest BCUT2D eigenvalue weighted by atomic mass is 10.3. The summed E-state index contributed by atoms with van der Waals surface area (Å²) in [6.45, 7) is 0. The highest BCUT2D eigenvalue weighted by Crippen LogP contribution is 2.17. The maximum Gasteiger partial charge on any atom is 0.404 e. The van der Waals surface area contributed by atoms with Gasteiger partial charge >= 0.3 is 6.09 Å². The molecule has 0 spiro atoms. The summed E-state index contributed by atoms with van der Waals surface area (Å²) in [6, 6.07) is 1.95. The van der Waals surface area contributed by atoms with Gasteiger partial charge in [-0.1, -0.05) is 12.8 Å². The molecule has 0 saturated heterocycles. The van der Waals surface area contributed by atoms with Crippen LogP contribution in [0.25, 0.3) is 0 Å². The van der Waals surface area contributed by atoms with Gasteiger partial charge in [0.15, 0.2) is 0 Å². The molecule has 1 aromatic heterocycles. The van der Waals surface area contributed by atoms with Crippen molar-refractivity contribution in [2.75, 3.05) is 0 Å². The average molecular weight is 210 g/mol. The predicted molar refractivity (Wildman–Crippen MR) is 53.2 cm³/mol. The lowest BCUT2D eigenvalue weighted by Crippen LogP contribution is -2.30. The zero-order valence-corrected chi connectivity index (χ0v) is 8.33. The summed E-state index contributed by atoms with van der Waals surface area (Å²) in [5.41, 5.74) is 0. The van der Waals surface area contributed by atoms with Crippen molar-refractivity contribution in [3.8, 4) is 0 Å². The molecule has 1 heterocycles. The summed E-state index contributed by atoms with van der Waals surface area (Å²) in [5.74, 6) is 0. The van der Waals surface area contributed by atoms with E-state index in [-0.39, 0.29) is 6.04 Å². The van der Waals surface area contributed by atoms with Crippen LogP contribution in [0.15, 0.2) is 18.5 Å². The normalized spacial score (nSPS) is 15.2. The Balaban J connectivity index is 0.000000162. The number of amides is 1. The Morgan fingerprint density at radius 3 is 2.20 bits per heavy atom. The van der Waals surface area contributed by atoms with E-state index in [1.807, 2.05) is 0 Å². The minimum atomic E-state index is -0.887. The Labute approximate surface area is 87.7 Å². The molecule has 1 amide bonds. The molecular weight excluding hydrogens is 196 g/mol. The first-order chi connectivity index (χ1) is 7.29. The van der Waals surface area contributed by atoms with Gasteiger partial charge in [0.05, 0.1) is 12.4 Å². The van der Waals surface area contributed by atoms with E-state index in [0.717, 1.165) is 12.8 Å². The molecule has 0 atom stereocenters. The number of nitrogens with zero attached hydrogens (tertiary/aromatic N) is 3. The van der Waals surface area contributed by atoms with E-state index in [1.54, 1.807) is 18.5 Å². The Morgan fingerprint density at radius 2 is 1.87 bits per heavy atom. The molecule has 0 unspecified atom stereocenters. The molecule has 0 radical (unpaired) electrons. The molecule has 15 heavy (non-hydrogen) atoms. The van der Waals surface area contributed by atoms with Crippen LogP contribution >= 0.6 is 0 Å². The topological polar surface area (TPSA) is 88.0 Å². The first-order valence-corrected chi connectivity index (χ1v) is 4.87. The molecule has 0 aromatic carbocycles. The summed E-state index contributed by atoms with van der Waals surface area (Å²) in [5, 5.41) is 20.9. The molecular formula is C9H14N4O2. The Morgan fingerprint density at radius 1 is 1.27 bits per heavy atom. The van der Waals surface area contributed by atoms with Crippen molar-refractivity contribution in [3.63, 3.8) is 0 Å². The van der Waals surface area contributed by atoms with E-state index in [4.69, 9.17) is 5.11 Å². The number of nitrogens with one attached hydrogen (secondary N) is 1. The number of rotatable bonds is 1. The maximum absolute atomic E-state index is 10.0. The molecule has 1 aromatic rings. The van der Waals surface area contributed by atoms with Crippen molar-refractivity contribution in [1.29, 1.82) is 0 Å². The second kappa shape index (κ2) is 6.69. The molecule has 6 nitrogen and oxygen atoms in total. The molecule has 6 heteroatoms. The van der Waals surface area contributed by atoms with Gasteiger partial charge in [-0.3, -0.25) is 0 Å². The van der Waals surface area contributed by atoms with Gasteiger partial charge in [-0.25, -0.2) is 4.79 Å². The van der Waals surface area contributed by atoms with Crippen LogP contribution in [0, 0.1) is 0 Å². The first kappa shape index (κ1) is 11.4. The van der Waals surface area contributed by atoms with Crippen LogP contribution in [0.3, 0.4) is 0 Å². The third-order valence-corrected chi connectivity index (χ3v) is 2.09. The fraction of sp³-hybridized carbons (Fsp3) is 0.556. The van der Waals surface area contributed by atoms with Crippen molar-refractivity contribution in [2.24, 2.45) is 0 Å². The number of aromatic nitrogens is 3. The zero-order chi connectivity index (χ0) is 10.9. The molecule has 1 aliphatic rings. The molecule has 1 fully saturated rings. The van der Waals surface area contributed by atoms with Crippen molar-refractivity contribution >= 4 is 6.09 Å². The average Bonchev–Trinajstić information content (AvgIpc) is 2.73. The van der Waals surface area contributed by atoms with Crippen molar-refractivity contribution in [3.05, 3.63) is 18.5 Å². The summed E-state index contributed by atoms with van der Waals surface area (Å²) in [6.07, 6.45) is 6.65. The van der Waals surface area contributed by atoms with Gasteiger partial charge in [0.2, 0.25) is 0 Å². The Hall–Kier alpha value is -1.72. The number of carboxylic acid groups (broad SMARTS) is 1. The van der Waals surface area contributed by atoms with Gasteiger partial charge < -0.3 is 10.4 Å². The van der Waals surface area contributed by atoms with Gasteiger partial charge in [0.25, 0.3) is 0 Å². The van der Waals surface area contributed by atoms with E-state index >= 15 is 0 Å². The third kappa shape index (κ3) is 5.56. The number of carbonyl (C=O) groups is 1. The summed E-state index contributed by atoms with van der Waals surface area (Å²) >= 11 is 0. The Bertz CT molecular complexity index is 248. The quantitative estimate of drug-likeness (QED) is 0.723. The van der Waals surface area contributed by atoms with Crippen molar-refractivity contribution in [2.45, 2.75) is 31.7 Å². The minimum absolute atomic E-state index is 0.238. The molecule has 1 saturated carbocycles. The molecule has 1 aliphatic carbocycles. The molecule has 2 N–H and O–H groups in total. The third-order valence-electron chi connectivity index (χ3n) is 2.09. The van der Waals surface area contributed by atoms with E-state index in [1.165, 1.54) is 12.8 Å². The van der Waals surface area contributed by atoms with Gasteiger partial charge in [-0.2, -0.15) is 0 Å². The van der Waals surface area contributed by atoms with Gasteiger partial charge in [-0.05, 0) is 24.1 Å². The minimum Gasteiger partial charge on any atom is -0.465 e. The van der Waals surface area contributed by atoms with Crippen molar-refractivity contribution < 1.29 is 9.90 Å². The predicted octanol–water partition coefficient (Wildman–Crippen LogP) is 1.07. The lowest BCUT2D eigenvalue weighted by Gasteiger charge is -2.06. The van der Waals surface area contributed by atoms with Crippen LogP contribution in [0.5, 0.6) is 0 Å². The smallest absolute Gasteiger partial charge is 0.404 e. The number of hydrogen-bond acceptors (Lipinski definition) is 4.